The number of ether oxygens (including phenoxy) is 1. The molecule has 1 fully saturated rings. The second kappa shape index (κ2) is 6.26. The first kappa shape index (κ1) is 13.5. The molecule has 2 atom stereocenters. The van der Waals surface area contributed by atoms with Crippen LogP contribution in [0, 0.1) is 12.8 Å². The minimum atomic E-state index is 0.757. The zero-order chi connectivity index (χ0) is 13.0. The molecule has 1 aromatic carbocycles. The standard InChI is InChI=1S/C17H26O/c1-4-8-14-9-6-11-16(14)15-10-7-12-17(13(15)3)18-5-2/h7,10,12,14,16H,4-6,8-9,11H2,1-3H3/t14-,16+/m1/s1. The van der Waals surface area contributed by atoms with Crippen LogP contribution in [0.3, 0.4) is 0 Å². The van der Waals surface area contributed by atoms with Crippen molar-refractivity contribution in [1.29, 1.82) is 0 Å². The molecule has 18 heavy (non-hydrogen) atoms. The summed E-state index contributed by atoms with van der Waals surface area (Å²) in [5, 5.41) is 0. The van der Waals surface area contributed by atoms with Gasteiger partial charge in [0.05, 0.1) is 6.61 Å². The summed E-state index contributed by atoms with van der Waals surface area (Å²) in [5.74, 6) is 2.74. The molecule has 1 heteroatoms. The van der Waals surface area contributed by atoms with Crippen molar-refractivity contribution < 1.29 is 4.74 Å². The molecule has 0 amide bonds. The average Bonchev–Trinajstić information content (AvgIpc) is 2.81. The Morgan fingerprint density at radius 2 is 2.06 bits per heavy atom. The predicted molar refractivity (Wildman–Crippen MR) is 77.3 cm³/mol. The van der Waals surface area contributed by atoms with Crippen LogP contribution in [-0.2, 0) is 0 Å². The maximum atomic E-state index is 5.73. The number of hydrogen-bond donors (Lipinski definition) is 0. The van der Waals surface area contributed by atoms with Crippen molar-refractivity contribution in [2.75, 3.05) is 6.61 Å². The Labute approximate surface area is 112 Å². The van der Waals surface area contributed by atoms with Crippen molar-refractivity contribution in [3.63, 3.8) is 0 Å². The van der Waals surface area contributed by atoms with Gasteiger partial charge in [0.2, 0.25) is 0 Å². The Balaban J connectivity index is 2.24. The molecule has 0 spiro atoms. The molecule has 1 aromatic rings. The maximum Gasteiger partial charge on any atom is 0.122 e. The van der Waals surface area contributed by atoms with E-state index in [4.69, 9.17) is 4.74 Å². The van der Waals surface area contributed by atoms with E-state index in [1.807, 2.05) is 0 Å². The van der Waals surface area contributed by atoms with Gasteiger partial charge in [0, 0.05) is 0 Å². The summed E-state index contributed by atoms with van der Waals surface area (Å²) in [4.78, 5) is 0. The Bertz CT molecular complexity index is 383. The summed E-state index contributed by atoms with van der Waals surface area (Å²) in [6, 6.07) is 6.58. The van der Waals surface area contributed by atoms with Gasteiger partial charge in [-0.25, -0.2) is 0 Å². The van der Waals surface area contributed by atoms with Crippen LogP contribution in [0.4, 0.5) is 0 Å². The van der Waals surface area contributed by atoms with Crippen molar-refractivity contribution in [3.05, 3.63) is 29.3 Å². The van der Waals surface area contributed by atoms with Crippen LogP contribution in [0.15, 0.2) is 18.2 Å². The SMILES string of the molecule is CCC[C@@H]1CCC[C@@H]1c1cccc(OCC)c1C. The van der Waals surface area contributed by atoms with Gasteiger partial charge in [-0.05, 0) is 55.7 Å². The molecule has 0 radical (unpaired) electrons. The molecular formula is C17H26O. The quantitative estimate of drug-likeness (QED) is 0.704. The summed E-state index contributed by atoms with van der Waals surface area (Å²) >= 11 is 0. The summed E-state index contributed by atoms with van der Waals surface area (Å²) in [5.41, 5.74) is 2.91. The Morgan fingerprint density at radius 1 is 1.22 bits per heavy atom. The highest BCUT2D eigenvalue weighted by molar-refractivity contribution is 5.41. The summed E-state index contributed by atoms with van der Waals surface area (Å²) in [6.07, 6.45) is 6.86. The van der Waals surface area contributed by atoms with Crippen molar-refractivity contribution >= 4 is 0 Å². The Hall–Kier alpha value is -0.980. The van der Waals surface area contributed by atoms with Crippen LogP contribution < -0.4 is 4.74 Å². The molecule has 1 saturated carbocycles. The van der Waals surface area contributed by atoms with Gasteiger partial charge in [-0.1, -0.05) is 38.3 Å². The number of hydrogen-bond acceptors (Lipinski definition) is 1. The Kier molecular flexibility index (Phi) is 4.68. The van der Waals surface area contributed by atoms with Crippen LogP contribution in [0.5, 0.6) is 5.75 Å². The second-order valence-electron chi connectivity index (χ2n) is 5.49. The van der Waals surface area contributed by atoms with E-state index in [9.17, 15) is 0 Å². The van der Waals surface area contributed by atoms with Gasteiger partial charge in [-0.3, -0.25) is 0 Å². The van der Waals surface area contributed by atoms with Crippen LogP contribution >= 0.6 is 0 Å². The summed E-state index contributed by atoms with van der Waals surface area (Å²) < 4.78 is 5.73. The lowest BCUT2D eigenvalue weighted by atomic mass is 9.84. The largest absolute Gasteiger partial charge is 0.494 e. The fraction of sp³-hybridized carbons (Fsp3) is 0.647. The van der Waals surface area contributed by atoms with Crippen molar-refractivity contribution in [1.82, 2.24) is 0 Å². The molecule has 100 valence electrons. The van der Waals surface area contributed by atoms with Gasteiger partial charge in [0.25, 0.3) is 0 Å². The van der Waals surface area contributed by atoms with E-state index in [1.54, 1.807) is 0 Å². The maximum absolute atomic E-state index is 5.73. The third-order valence-electron chi connectivity index (χ3n) is 4.34. The Morgan fingerprint density at radius 3 is 2.78 bits per heavy atom. The van der Waals surface area contributed by atoms with Crippen LogP contribution in [-0.4, -0.2) is 6.61 Å². The van der Waals surface area contributed by atoms with E-state index in [2.05, 4.69) is 39.0 Å². The molecule has 0 unspecified atom stereocenters. The predicted octanol–water partition coefficient (Wildman–Crippen LogP) is 5.08. The number of rotatable bonds is 5. The molecule has 2 rings (SSSR count). The van der Waals surface area contributed by atoms with Crippen LogP contribution in [0.1, 0.15) is 63.0 Å². The molecule has 0 N–H and O–H groups in total. The molecule has 1 aliphatic rings. The minimum absolute atomic E-state index is 0.757. The second-order valence-corrected chi connectivity index (χ2v) is 5.49. The van der Waals surface area contributed by atoms with E-state index in [-0.39, 0.29) is 0 Å². The van der Waals surface area contributed by atoms with Gasteiger partial charge in [-0.2, -0.15) is 0 Å². The van der Waals surface area contributed by atoms with Crippen molar-refractivity contribution in [2.45, 2.75) is 58.8 Å². The van der Waals surface area contributed by atoms with Crippen molar-refractivity contribution in [3.8, 4) is 5.75 Å². The minimum Gasteiger partial charge on any atom is -0.494 e. The summed E-state index contributed by atoms with van der Waals surface area (Å²) in [7, 11) is 0. The lowest BCUT2D eigenvalue weighted by Crippen LogP contribution is -2.08. The van der Waals surface area contributed by atoms with Crippen LogP contribution in [0.2, 0.25) is 0 Å². The molecular weight excluding hydrogens is 220 g/mol. The van der Waals surface area contributed by atoms with Crippen LogP contribution in [0.25, 0.3) is 0 Å². The highest BCUT2D eigenvalue weighted by Gasteiger charge is 2.29. The highest BCUT2D eigenvalue weighted by atomic mass is 16.5. The van der Waals surface area contributed by atoms with E-state index >= 15 is 0 Å². The normalized spacial score (nSPS) is 23.3. The monoisotopic (exact) mass is 246 g/mol. The topological polar surface area (TPSA) is 9.23 Å². The molecule has 0 saturated heterocycles. The fourth-order valence-corrected chi connectivity index (χ4v) is 3.51. The molecule has 0 aliphatic heterocycles. The van der Waals surface area contributed by atoms with E-state index < -0.39 is 0 Å². The first-order valence-electron chi connectivity index (χ1n) is 7.50. The molecule has 1 aliphatic carbocycles. The third-order valence-corrected chi connectivity index (χ3v) is 4.34. The van der Waals surface area contributed by atoms with E-state index in [1.165, 1.54) is 43.2 Å². The fourth-order valence-electron chi connectivity index (χ4n) is 3.51. The van der Waals surface area contributed by atoms with Gasteiger partial charge < -0.3 is 4.74 Å². The zero-order valence-electron chi connectivity index (χ0n) is 12.0. The molecule has 0 heterocycles. The lowest BCUT2D eigenvalue weighted by Gasteiger charge is -2.22. The summed E-state index contributed by atoms with van der Waals surface area (Å²) in [6.45, 7) is 7.34. The smallest absolute Gasteiger partial charge is 0.122 e. The third kappa shape index (κ3) is 2.71. The zero-order valence-corrected chi connectivity index (χ0v) is 12.0. The molecule has 0 bridgehead atoms. The van der Waals surface area contributed by atoms with Gasteiger partial charge >= 0.3 is 0 Å². The van der Waals surface area contributed by atoms with Gasteiger partial charge in [0.1, 0.15) is 5.75 Å². The van der Waals surface area contributed by atoms with Gasteiger partial charge in [-0.15, -0.1) is 0 Å². The number of benzene rings is 1. The van der Waals surface area contributed by atoms with E-state index in [0.29, 0.717) is 0 Å². The first-order valence-corrected chi connectivity index (χ1v) is 7.50. The highest BCUT2D eigenvalue weighted by Crippen LogP contribution is 2.44. The van der Waals surface area contributed by atoms with Crippen molar-refractivity contribution in [2.24, 2.45) is 5.92 Å². The first-order chi connectivity index (χ1) is 8.77. The molecule has 0 aromatic heterocycles. The van der Waals surface area contributed by atoms with E-state index in [0.717, 1.165) is 24.2 Å². The van der Waals surface area contributed by atoms with Gasteiger partial charge in [0.15, 0.2) is 0 Å². The average molecular weight is 246 g/mol. The lowest BCUT2D eigenvalue weighted by molar-refractivity contribution is 0.336. The molecule has 1 nitrogen and oxygen atoms in total.